The molecule has 0 amide bonds. The lowest BCUT2D eigenvalue weighted by molar-refractivity contribution is 0.119. The van der Waals surface area contributed by atoms with Gasteiger partial charge in [0.2, 0.25) is 0 Å². The first-order valence-electron chi connectivity index (χ1n) is 10.0. The fourth-order valence-corrected chi connectivity index (χ4v) is 4.31. The van der Waals surface area contributed by atoms with Gasteiger partial charge in [-0.25, -0.2) is 4.98 Å². The number of methoxy groups -OCH3 is 1. The van der Waals surface area contributed by atoms with Crippen LogP contribution in [-0.4, -0.2) is 48.6 Å². The van der Waals surface area contributed by atoms with Crippen molar-refractivity contribution in [1.29, 1.82) is 0 Å². The topological polar surface area (TPSA) is 65.5 Å². The second kappa shape index (κ2) is 11.7. The molecule has 2 heterocycles. The van der Waals surface area contributed by atoms with Crippen molar-refractivity contribution in [1.82, 2.24) is 20.2 Å². The molecule has 0 aliphatic rings. The van der Waals surface area contributed by atoms with Crippen LogP contribution in [0, 0.1) is 0 Å². The third kappa shape index (κ3) is 5.73. The molecule has 30 heavy (non-hydrogen) atoms. The molecule has 2 N–H and O–H groups in total. The maximum atomic E-state index is 5.35. The summed E-state index contributed by atoms with van der Waals surface area (Å²) in [4.78, 5) is 14.6. The average Bonchev–Trinajstić information content (AvgIpc) is 3.37. The van der Waals surface area contributed by atoms with Gasteiger partial charge in [-0.1, -0.05) is 25.1 Å². The highest BCUT2D eigenvalue weighted by Gasteiger charge is 2.13. The second-order valence-electron chi connectivity index (χ2n) is 7.14. The number of nitrogens with zero attached hydrogens (tertiary/aromatic N) is 3. The minimum absolute atomic E-state index is 0. The van der Waals surface area contributed by atoms with E-state index in [1.54, 1.807) is 18.4 Å². The number of aromatic amines is 1. The summed E-state index contributed by atoms with van der Waals surface area (Å²) >= 11 is 1.64. The van der Waals surface area contributed by atoms with Crippen molar-refractivity contribution in [2.75, 3.05) is 27.7 Å². The number of aliphatic imine (C=N–C) groups is 1. The quantitative estimate of drug-likeness (QED) is 0.245. The highest BCUT2D eigenvalue weighted by molar-refractivity contribution is 14.0. The van der Waals surface area contributed by atoms with Crippen LogP contribution in [-0.2, 0) is 24.1 Å². The van der Waals surface area contributed by atoms with Gasteiger partial charge in [-0.2, -0.15) is 0 Å². The van der Waals surface area contributed by atoms with Gasteiger partial charge in [-0.05, 0) is 30.9 Å². The van der Waals surface area contributed by atoms with Gasteiger partial charge >= 0.3 is 0 Å². The Morgan fingerprint density at radius 3 is 2.87 bits per heavy atom. The first-order valence-corrected chi connectivity index (χ1v) is 10.9. The fourth-order valence-electron chi connectivity index (χ4n) is 3.47. The first-order chi connectivity index (χ1) is 14.1. The zero-order chi connectivity index (χ0) is 20.8. The van der Waals surface area contributed by atoms with E-state index in [1.165, 1.54) is 22.0 Å². The van der Waals surface area contributed by atoms with Crippen LogP contribution in [0.1, 0.15) is 41.8 Å². The Morgan fingerprint density at radius 1 is 1.37 bits per heavy atom. The molecule has 0 fully saturated rings. The van der Waals surface area contributed by atoms with Gasteiger partial charge in [0.25, 0.3) is 0 Å². The van der Waals surface area contributed by atoms with E-state index < -0.39 is 0 Å². The number of hydrogen-bond acceptors (Lipinski definition) is 4. The van der Waals surface area contributed by atoms with E-state index in [9.17, 15) is 0 Å². The van der Waals surface area contributed by atoms with E-state index in [-0.39, 0.29) is 30.1 Å². The van der Waals surface area contributed by atoms with E-state index >= 15 is 0 Å². The molecule has 0 bridgehead atoms. The molecule has 0 spiro atoms. The number of rotatable bonds is 8. The zero-order valence-corrected chi connectivity index (χ0v) is 21.5. The Bertz CT molecular complexity index is 968. The Balaban J connectivity index is 0.00000320. The molecule has 0 aliphatic heterocycles. The second-order valence-corrected chi connectivity index (χ2v) is 8.03. The number of guanidine groups is 1. The van der Waals surface area contributed by atoms with Crippen LogP contribution in [0.3, 0.4) is 0 Å². The van der Waals surface area contributed by atoms with Gasteiger partial charge in [0.15, 0.2) is 5.96 Å². The Kier molecular flexibility index (Phi) is 9.57. The number of benzene rings is 1. The SMILES string of the molecule is CCc1cccc2c(CCNC(=NC)N(C)Cc3csc(C(C)OC)n3)c[nH]c12.I. The number of aryl methyl sites for hydroxylation is 1. The molecule has 164 valence electrons. The van der Waals surface area contributed by atoms with E-state index in [0.717, 1.165) is 36.0 Å². The highest BCUT2D eigenvalue weighted by Crippen LogP contribution is 2.23. The molecule has 2 aromatic heterocycles. The maximum Gasteiger partial charge on any atom is 0.193 e. The molecule has 0 radical (unpaired) electrons. The van der Waals surface area contributed by atoms with Crippen LogP contribution in [0.5, 0.6) is 0 Å². The molecule has 8 heteroatoms. The third-order valence-electron chi connectivity index (χ3n) is 5.19. The predicted molar refractivity (Wildman–Crippen MR) is 137 cm³/mol. The van der Waals surface area contributed by atoms with Crippen LogP contribution in [0.25, 0.3) is 10.9 Å². The third-order valence-corrected chi connectivity index (χ3v) is 6.24. The van der Waals surface area contributed by atoms with Crippen molar-refractivity contribution >= 4 is 52.2 Å². The number of ether oxygens (including phenoxy) is 1. The molecule has 1 atom stereocenters. The Morgan fingerprint density at radius 2 is 2.17 bits per heavy atom. The number of aromatic nitrogens is 2. The summed E-state index contributed by atoms with van der Waals surface area (Å²) in [5.74, 6) is 0.869. The minimum Gasteiger partial charge on any atom is -0.375 e. The summed E-state index contributed by atoms with van der Waals surface area (Å²) in [6, 6.07) is 6.53. The summed E-state index contributed by atoms with van der Waals surface area (Å²) in [5.41, 5.74) is 4.99. The van der Waals surface area contributed by atoms with Gasteiger partial charge in [0.05, 0.1) is 12.2 Å². The number of hydrogen-bond donors (Lipinski definition) is 2. The lowest BCUT2D eigenvalue weighted by Crippen LogP contribution is -2.39. The molecular formula is C22H32IN5OS. The van der Waals surface area contributed by atoms with E-state index in [2.05, 4.69) is 61.9 Å². The molecule has 6 nitrogen and oxygen atoms in total. The molecule has 3 rings (SSSR count). The number of fused-ring (bicyclic) bond motifs is 1. The molecule has 0 saturated heterocycles. The highest BCUT2D eigenvalue weighted by atomic mass is 127. The standard InChI is InChI=1S/C22H31N5OS.HI/c1-6-16-8-7-9-19-17(12-25-20(16)19)10-11-24-22(23-3)27(4)13-18-14-29-21(26-18)15(2)28-5;/h7-9,12,14-15,25H,6,10-11,13H2,1-5H3,(H,23,24);1H. The van der Waals surface area contributed by atoms with Crippen molar-refractivity contribution in [3.05, 3.63) is 51.6 Å². The minimum atomic E-state index is 0. The van der Waals surface area contributed by atoms with Crippen molar-refractivity contribution < 1.29 is 4.74 Å². The largest absolute Gasteiger partial charge is 0.375 e. The molecule has 3 aromatic rings. The Labute approximate surface area is 200 Å². The van der Waals surface area contributed by atoms with Crippen molar-refractivity contribution in [3.63, 3.8) is 0 Å². The van der Waals surface area contributed by atoms with Crippen molar-refractivity contribution in [2.45, 2.75) is 39.3 Å². The van der Waals surface area contributed by atoms with Crippen molar-refractivity contribution in [2.24, 2.45) is 4.99 Å². The van der Waals surface area contributed by atoms with Crippen LogP contribution >= 0.6 is 35.3 Å². The number of para-hydroxylation sites is 1. The summed E-state index contributed by atoms with van der Waals surface area (Å²) in [7, 11) is 5.56. The average molecular weight is 542 g/mol. The summed E-state index contributed by atoms with van der Waals surface area (Å²) in [6.07, 6.45) is 4.13. The number of thiazole rings is 1. The van der Waals surface area contributed by atoms with Crippen molar-refractivity contribution in [3.8, 4) is 0 Å². The van der Waals surface area contributed by atoms with Crippen LogP contribution in [0.2, 0.25) is 0 Å². The number of H-pyrrole nitrogens is 1. The summed E-state index contributed by atoms with van der Waals surface area (Å²) in [6.45, 7) is 5.74. The molecular weight excluding hydrogens is 509 g/mol. The smallest absolute Gasteiger partial charge is 0.193 e. The number of halogens is 1. The summed E-state index contributed by atoms with van der Waals surface area (Å²) in [5, 5.41) is 7.88. The maximum absolute atomic E-state index is 5.35. The lowest BCUT2D eigenvalue weighted by Gasteiger charge is -2.21. The predicted octanol–water partition coefficient (Wildman–Crippen LogP) is 4.76. The molecule has 0 saturated carbocycles. The van der Waals surface area contributed by atoms with Crippen LogP contribution in [0.15, 0.2) is 34.8 Å². The van der Waals surface area contributed by atoms with Gasteiger partial charge in [0.1, 0.15) is 11.1 Å². The lowest BCUT2D eigenvalue weighted by atomic mass is 10.1. The Hall–Kier alpha value is -1.65. The molecule has 0 aliphatic carbocycles. The molecule has 1 unspecified atom stereocenters. The van der Waals surface area contributed by atoms with Gasteiger partial charge in [-0.15, -0.1) is 35.3 Å². The summed E-state index contributed by atoms with van der Waals surface area (Å²) < 4.78 is 5.35. The fraction of sp³-hybridized carbons (Fsp3) is 0.455. The van der Waals surface area contributed by atoms with Gasteiger partial charge in [0, 0.05) is 50.2 Å². The normalized spacial score (nSPS) is 12.6. The van der Waals surface area contributed by atoms with Crippen LogP contribution in [0.4, 0.5) is 0 Å². The molecule has 1 aromatic carbocycles. The van der Waals surface area contributed by atoms with E-state index in [4.69, 9.17) is 4.74 Å². The zero-order valence-electron chi connectivity index (χ0n) is 18.4. The van der Waals surface area contributed by atoms with Crippen LogP contribution < -0.4 is 5.32 Å². The number of nitrogens with one attached hydrogen (secondary N) is 2. The van der Waals surface area contributed by atoms with E-state index in [1.807, 2.05) is 21.0 Å². The van der Waals surface area contributed by atoms with Gasteiger partial charge in [-0.3, -0.25) is 4.99 Å². The first kappa shape index (κ1) is 24.6. The monoisotopic (exact) mass is 541 g/mol. The van der Waals surface area contributed by atoms with Gasteiger partial charge < -0.3 is 19.9 Å². The van der Waals surface area contributed by atoms with E-state index in [0.29, 0.717) is 6.54 Å².